The fraction of sp³-hybridized carbons (Fsp3) is 0.0833. The maximum atomic E-state index is 12.4. The van der Waals surface area contributed by atoms with Crippen LogP contribution in [-0.4, -0.2) is 13.4 Å². The van der Waals surface area contributed by atoms with E-state index in [1.165, 1.54) is 18.3 Å². The summed E-state index contributed by atoms with van der Waals surface area (Å²) in [6.45, 7) is 1.69. The van der Waals surface area contributed by atoms with E-state index in [9.17, 15) is 8.42 Å². The van der Waals surface area contributed by atoms with Crippen LogP contribution in [0.25, 0.3) is 0 Å². The van der Waals surface area contributed by atoms with Gasteiger partial charge in [-0.25, -0.2) is 13.4 Å². The van der Waals surface area contributed by atoms with Crippen LogP contribution in [0, 0.1) is 6.92 Å². The van der Waals surface area contributed by atoms with Gasteiger partial charge in [-0.1, -0.05) is 29.3 Å². The first-order valence-electron chi connectivity index (χ1n) is 5.39. The van der Waals surface area contributed by atoms with Crippen LogP contribution < -0.4 is 4.72 Å². The highest BCUT2D eigenvalue weighted by atomic mass is 79.9. The second-order valence-electron chi connectivity index (χ2n) is 4.01. The fourth-order valence-corrected chi connectivity index (χ4v) is 3.66. The lowest BCUT2D eigenvalue weighted by Crippen LogP contribution is -2.14. The molecule has 0 aliphatic carbocycles. The van der Waals surface area contributed by atoms with Gasteiger partial charge in [0.25, 0.3) is 10.0 Å². The average molecular weight is 396 g/mol. The zero-order chi connectivity index (χ0) is 14.9. The summed E-state index contributed by atoms with van der Waals surface area (Å²) in [6.07, 6.45) is 1.48. The van der Waals surface area contributed by atoms with Crippen LogP contribution in [-0.2, 0) is 10.0 Å². The summed E-state index contributed by atoms with van der Waals surface area (Å²) in [6, 6.07) is 6.19. The Kier molecular flexibility index (Phi) is 4.59. The molecule has 0 fully saturated rings. The van der Waals surface area contributed by atoms with E-state index >= 15 is 0 Å². The smallest absolute Gasteiger partial charge is 0.262 e. The number of rotatable bonds is 3. The molecule has 1 heterocycles. The maximum Gasteiger partial charge on any atom is 0.262 e. The summed E-state index contributed by atoms with van der Waals surface area (Å²) in [5.74, 6) is 0. The van der Waals surface area contributed by atoms with Gasteiger partial charge in [0.15, 0.2) is 5.15 Å². The molecule has 2 rings (SSSR count). The molecule has 0 bridgehead atoms. The van der Waals surface area contributed by atoms with E-state index in [2.05, 4.69) is 25.6 Å². The lowest BCUT2D eigenvalue weighted by molar-refractivity contribution is 0.600. The van der Waals surface area contributed by atoms with Gasteiger partial charge in [0, 0.05) is 15.7 Å². The van der Waals surface area contributed by atoms with Crippen molar-refractivity contribution in [3.05, 3.63) is 50.7 Å². The van der Waals surface area contributed by atoms with Crippen molar-refractivity contribution in [2.45, 2.75) is 11.8 Å². The minimum absolute atomic E-state index is 0.0662. The standard InChI is InChI=1S/C12H9BrCl2N2O2S/c1-7-2-3-9(14)5-11(7)20(18,19)17-10-4-8(13)6-16-12(10)15/h2-6,17H,1H3. The molecular weight excluding hydrogens is 387 g/mol. The van der Waals surface area contributed by atoms with E-state index in [1.807, 2.05) is 0 Å². The van der Waals surface area contributed by atoms with Crippen molar-refractivity contribution >= 4 is 54.8 Å². The number of benzene rings is 1. The molecule has 0 saturated carbocycles. The number of aryl methyl sites for hydroxylation is 1. The van der Waals surface area contributed by atoms with E-state index in [0.29, 0.717) is 15.1 Å². The molecular formula is C12H9BrCl2N2O2S. The number of hydrogen-bond donors (Lipinski definition) is 1. The highest BCUT2D eigenvalue weighted by Crippen LogP contribution is 2.27. The predicted octanol–water partition coefficient (Wildman–Crippen LogP) is 4.26. The molecule has 8 heteroatoms. The van der Waals surface area contributed by atoms with Crippen molar-refractivity contribution in [3.8, 4) is 0 Å². The third-order valence-electron chi connectivity index (χ3n) is 2.49. The Bertz CT molecular complexity index is 766. The number of nitrogens with zero attached hydrogens (tertiary/aromatic N) is 1. The minimum atomic E-state index is -3.79. The molecule has 0 aliphatic rings. The van der Waals surface area contributed by atoms with Crippen LogP contribution >= 0.6 is 39.1 Å². The third kappa shape index (κ3) is 3.44. The Hall–Kier alpha value is -0.820. The normalized spacial score (nSPS) is 11.4. The SMILES string of the molecule is Cc1ccc(Cl)cc1S(=O)(=O)Nc1cc(Br)cnc1Cl. The first-order valence-corrected chi connectivity index (χ1v) is 8.43. The number of halogens is 3. The highest BCUT2D eigenvalue weighted by Gasteiger charge is 2.19. The Balaban J connectivity index is 2.46. The number of aromatic nitrogens is 1. The van der Waals surface area contributed by atoms with Crippen LogP contribution in [0.1, 0.15) is 5.56 Å². The van der Waals surface area contributed by atoms with Crippen molar-refractivity contribution in [1.29, 1.82) is 0 Å². The van der Waals surface area contributed by atoms with E-state index in [4.69, 9.17) is 23.2 Å². The summed E-state index contributed by atoms with van der Waals surface area (Å²) in [5, 5.41) is 0.408. The van der Waals surface area contributed by atoms with Gasteiger partial charge in [0.1, 0.15) is 0 Å². The molecule has 4 nitrogen and oxygen atoms in total. The van der Waals surface area contributed by atoms with Gasteiger partial charge in [-0.15, -0.1) is 0 Å². The van der Waals surface area contributed by atoms with Crippen molar-refractivity contribution in [2.24, 2.45) is 0 Å². The number of sulfonamides is 1. The summed E-state index contributed by atoms with van der Waals surface area (Å²) < 4.78 is 27.7. The van der Waals surface area contributed by atoms with Gasteiger partial charge in [0.05, 0.1) is 10.6 Å². The van der Waals surface area contributed by atoms with Crippen molar-refractivity contribution in [3.63, 3.8) is 0 Å². The average Bonchev–Trinajstić information content (AvgIpc) is 2.36. The lowest BCUT2D eigenvalue weighted by Gasteiger charge is -2.11. The topological polar surface area (TPSA) is 59.1 Å². The zero-order valence-corrected chi connectivity index (χ0v) is 14.1. The number of hydrogen-bond acceptors (Lipinski definition) is 3. The summed E-state index contributed by atoms with van der Waals surface area (Å²) in [7, 11) is -3.79. The third-order valence-corrected chi connectivity index (χ3v) is 4.97. The first kappa shape index (κ1) is 15.6. The molecule has 0 amide bonds. The summed E-state index contributed by atoms with van der Waals surface area (Å²) in [4.78, 5) is 3.96. The summed E-state index contributed by atoms with van der Waals surface area (Å²) >= 11 is 14.9. The molecule has 106 valence electrons. The largest absolute Gasteiger partial charge is 0.276 e. The number of pyridine rings is 1. The lowest BCUT2D eigenvalue weighted by atomic mass is 10.2. The molecule has 0 spiro atoms. The van der Waals surface area contributed by atoms with E-state index in [-0.39, 0.29) is 15.7 Å². The Morgan fingerprint density at radius 3 is 2.65 bits per heavy atom. The Labute approximate surface area is 135 Å². The highest BCUT2D eigenvalue weighted by molar-refractivity contribution is 9.10. The molecule has 0 unspecified atom stereocenters. The Morgan fingerprint density at radius 1 is 1.25 bits per heavy atom. The van der Waals surface area contributed by atoms with Gasteiger partial charge < -0.3 is 0 Å². The van der Waals surface area contributed by atoms with Gasteiger partial charge >= 0.3 is 0 Å². The molecule has 0 aliphatic heterocycles. The minimum Gasteiger partial charge on any atom is -0.276 e. The van der Waals surface area contributed by atoms with Crippen molar-refractivity contribution in [2.75, 3.05) is 4.72 Å². The monoisotopic (exact) mass is 394 g/mol. The van der Waals surface area contributed by atoms with Gasteiger partial charge in [-0.2, -0.15) is 0 Å². The van der Waals surface area contributed by atoms with E-state index in [1.54, 1.807) is 19.1 Å². The molecule has 1 aromatic carbocycles. The molecule has 0 saturated heterocycles. The van der Waals surface area contributed by atoms with Crippen LogP contribution in [0.2, 0.25) is 10.2 Å². The van der Waals surface area contributed by atoms with Gasteiger partial charge in [-0.05, 0) is 46.6 Å². The van der Waals surface area contributed by atoms with Crippen molar-refractivity contribution < 1.29 is 8.42 Å². The second kappa shape index (κ2) is 5.89. The fourth-order valence-electron chi connectivity index (χ4n) is 1.56. The first-order chi connectivity index (χ1) is 9.29. The van der Waals surface area contributed by atoms with Crippen LogP contribution in [0.3, 0.4) is 0 Å². The maximum absolute atomic E-state index is 12.4. The van der Waals surface area contributed by atoms with E-state index in [0.717, 1.165) is 0 Å². The van der Waals surface area contributed by atoms with Crippen LogP contribution in [0.15, 0.2) is 39.8 Å². The zero-order valence-electron chi connectivity index (χ0n) is 10.2. The molecule has 20 heavy (non-hydrogen) atoms. The van der Waals surface area contributed by atoms with Gasteiger partial charge in [0.2, 0.25) is 0 Å². The molecule has 1 N–H and O–H groups in total. The van der Waals surface area contributed by atoms with E-state index < -0.39 is 10.0 Å². The number of nitrogens with one attached hydrogen (secondary N) is 1. The van der Waals surface area contributed by atoms with Crippen LogP contribution in [0.5, 0.6) is 0 Å². The molecule has 0 radical (unpaired) electrons. The molecule has 0 atom stereocenters. The number of anilines is 1. The van der Waals surface area contributed by atoms with Crippen LogP contribution in [0.4, 0.5) is 5.69 Å². The molecule has 2 aromatic rings. The quantitative estimate of drug-likeness (QED) is 0.789. The second-order valence-corrected chi connectivity index (χ2v) is 7.37. The van der Waals surface area contributed by atoms with Gasteiger partial charge in [-0.3, -0.25) is 4.72 Å². The molecule has 1 aromatic heterocycles. The van der Waals surface area contributed by atoms with Crippen molar-refractivity contribution in [1.82, 2.24) is 4.98 Å². The Morgan fingerprint density at radius 2 is 1.95 bits per heavy atom. The summed E-state index contributed by atoms with van der Waals surface area (Å²) in [5.41, 5.74) is 0.779. The predicted molar refractivity (Wildman–Crippen MR) is 83.9 cm³/mol.